The van der Waals surface area contributed by atoms with Crippen molar-refractivity contribution in [1.82, 2.24) is 5.32 Å². The van der Waals surface area contributed by atoms with Crippen LogP contribution in [0.2, 0.25) is 0 Å². The highest BCUT2D eigenvalue weighted by Crippen LogP contribution is 2.26. The summed E-state index contributed by atoms with van der Waals surface area (Å²) in [7, 11) is 0. The predicted molar refractivity (Wildman–Crippen MR) is 82.4 cm³/mol. The number of benzene rings is 1. The molecule has 1 aliphatic heterocycles. The molecule has 1 saturated heterocycles. The summed E-state index contributed by atoms with van der Waals surface area (Å²) >= 11 is 0. The molecule has 0 spiro atoms. The highest BCUT2D eigenvalue weighted by molar-refractivity contribution is 5.96. The molecular weight excluding hydrogens is 318 g/mol. The number of ether oxygens (including phenoxy) is 2. The predicted octanol–water partition coefficient (Wildman–Crippen LogP) is -0.788. The Balaban J connectivity index is 2.30. The molecule has 0 unspecified atom stereocenters. The van der Waals surface area contributed by atoms with E-state index in [0.29, 0.717) is 5.56 Å². The molecule has 0 radical (unpaired) electrons. The molecule has 132 valence electrons. The molecule has 0 aromatic heterocycles. The molecule has 2 rings (SSSR count). The fourth-order valence-corrected chi connectivity index (χ4v) is 2.56. The van der Waals surface area contributed by atoms with Gasteiger partial charge in [0.15, 0.2) is 5.78 Å². The number of hydrogen-bond donors (Lipinski definition) is 4. The molecule has 1 fully saturated rings. The number of amides is 1. The summed E-state index contributed by atoms with van der Waals surface area (Å²) in [6.07, 6.45) is -5.08. The van der Waals surface area contributed by atoms with Gasteiger partial charge >= 0.3 is 0 Å². The topological polar surface area (TPSA) is 125 Å². The summed E-state index contributed by atoms with van der Waals surface area (Å²) in [5, 5.41) is 31.9. The lowest BCUT2D eigenvalue weighted by Crippen LogP contribution is -2.65. The lowest BCUT2D eigenvalue weighted by Gasteiger charge is -2.42. The smallest absolute Gasteiger partial charge is 0.223 e. The van der Waals surface area contributed by atoms with E-state index in [-0.39, 0.29) is 11.5 Å². The molecule has 24 heavy (non-hydrogen) atoms. The van der Waals surface area contributed by atoms with Crippen LogP contribution < -0.4 is 10.1 Å². The van der Waals surface area contributed by atoms with Gasteiger partial charge in [-0.05, 0) is 19.1 Å². The van der Waals surface area contributed by atoms with Gasteiger partial charge in [-0.2, -0.15) is 0 Å². The summed E-state index contributed by atoms with van der Waals surface area (Å²) < 4.78 is 11.1. The van der Waals surface area contributed by atoms with Gasteiger partial charge < -0.3 is 30.1 Å². The summed E-state index contributed by atoms with van der Waals surface area (Å²) in [4.78, 5) is 23.1. The van der Waals surface area contributed by atoms with Crippen molar-refractivity contribution in [3.63, 3.8) is 0 Å². The second kappa shape index (κ2) is 7.71. The maximum Gasteiger partial charge on any atom is 0.223 e. The zero-order valence-electron chi connectivity index (χ0n) is 13.4. The van der Waals surface area contributed by atoms with Crippen LogP contribution in [-0.2, 0) is 9.53 Å². The molecule has 4 N–H and O–H groups in total. The van der Waals surface area contributed by atoms with Crippen LogP contribution in [0.1, 0.15) is 24.2 Å². The fourth-order valence-electron chi connectivity index (χ4n) is 2.56. The number of aliphatic hydroxyl groups is 3. The first-order valence-corrected chi connectivity index (χ1v) is 7.51. The van der Waals surface area contributed by atoms with E-state index >= 15 is 0 Å². The largest absolute Gasteiger partial charge is 0.462 e. The van der Waals surface area contributed by atoms with Gasteiger partial charge in [0, 0.05) is 6.92 Å². The lowest BCUT2D eigenvalue weighted by atomic mass is 9.97. The van der Waals surface area contributed by atoms with Crippen LogP contribution in [-0.4, -0.2) is 64.3 Å². The van der Waals surface area contributed by atoms with E-state index in [9.17, 15) is 24.9 Å². The van der Waals surface area contributed by atoms with E-state index in [1.807, 2.05) is 0 Å². The van der Waals surface area contributed by atoms with Crippen molar-refractivity contribution in [2.75, 3.05) is 6.61 Å². The van der Waals surface area contributed by atoms with Crippen LogP contribution in [0.4, 0.5) is 0 Å². The van der Waals surface area contributed by atoms with E-state index in [1.165, 1.54) is 13.8 Å². The maximum absolute atomic E-state index is 11.7. The van der Waals surface area contributed by atoms with Crippen LogP contribution in [0.5, 0.6) is 5.75 Å². The van der Waals surface area contributed by atoms with Gasteiger partial charge in [0.2, 0.25) is 12.2 Å². The molecule has 0 bridgehead atoms. The number of Topliss-reactive ketones (excluding diaryl/α,β-unsaturated/α-hetero) is 1. The normalized spacial score (nSPS) is 29.8. The zero-order valence-corrected chi connectivity index (χ0v) is 13.4. The molecule has 1 aromatic carbocycles. The van der Waals surface area contributed by atoms with Crippen molar-refractivity contribution in [2.24, 2.45) is 0 Å². The molecule has 1 heterocycles. The summed E-state index contributed by atoms with van der Waals surface area (Å²) in [6.45, 7) is 2.08. The molecule has 0 aliphatic carbocycles. The van der Waals surface area contributed by atoms with Gasteiger partial charge in [0.25, 0.3) is 0 Å². The minimum atomic E-state index is -1.41. The van der Waals surface area contributed by atoms with Gasteiger partial charge in [0.05, 0.1) is 12.2 Å². The van der Waals surface area contributed by atoms with Crippen molar-refractivity contribution in [1.29, 1.82) is 0 Å². The molecule has 0 saturated carbocycles. The zero-order chi connectivity index (χ0) is 17.9. The van der Waals surface area contributed by atoms with E-state index in [4.69, 9.17) is 9.47 Å². The second-order valence-electron chi connectivity index (χ2n) is 5.60. The van der Waals surface area contributed by atoms with Crippen LogP contribution in [0, 0.1) is 0 Å². The lowest BCUT2D eigenvalue weighted by molar-refractivity contribution is -0.244. The Morgan fingerprint density at radius 3 is 2.46 bits per heavy atom. The van der Waals surface area contributed by atoms with E-state index in [2.05, 4.69) is 5.32 Å². The Morgan fingerprint density at radius 2 is 1.88 bits per heavy atom. The van der Waals surface area contributed by atoms with Crippen molar-refractivity contribution < 1.29 is 34.4 Å². The Labute approximate surface area is 139 Å². The first kappa shape index (κ1) is 18.3. The number of carbonyl (C=O) groups excluding carboxylic acids is 2. The number of para-hydroxylation sites is 1. The van der Waals surface area contributed by atoms with E-state index in [1.54, 1.807) is 24.3 Å². The third kappa shape index (κ3) is 3.90. The Morgan fingerprint density at radius 1 is 1.21 bits per heavy atom. The first-order chi connectivity index (χ1) is 11.3. The van der Waals surface area contributed by atoms with Crippen LogP contribution >= 0.6 is 0 Å². The quantitative estimate of drug-likeness (QED) is 0.518. The second-order valence-corrected chi connectivity index (χ2v) is 5.60. The Hall–Kier alpha value is -2.00. The van der Waals surface area contributed by atoms with Crippen LogP contribution in [0.3, 0.4) is 0 Å². The molecule has 5 atom stereocenters. The van der Waals surface area contributed by atoms with Crippen molar-refractivity contribution in [3.8, 4) is 5.75 Å². The van der Waals surface area contributed by atoms with Gasteiger partial charge in [0.1, 0.15) is 30.1 Å². The number of aliphatic hydroxyl groups excluding tert-OH is 3. The van der Waals surface area contributed by atoms with Crippen molar-refractivity contribution in [3.05, 3.63) is 29.8 Å². The van der Waals surface area contributed by atoms with Crippen LogP contribution in [0.25, 0.3) is 0 Å². The summed E-state index contributed by atoms with van der Waals surface area (Å²) in [5.74, 6) is -0.465. The fraction of sp³-hybridized carbons (Fsp3) is 0.500. The molecule has 8 nitrogen and oxygen atoms in total. The van der Waals surface area contributed by atoms with Gasteiger partial charge in [-0.15, -0.1) is 0 Å². The number of rotatable bonds is 5. The minimum absolute atomic E-state index is 0.214. The standard InChI is InChI=1S/C16H21NO7/c1-8(19)10-5-3-4-6-11(10)23-16-13(17-9(2)20)15(22)14(21)12(7-18)24-16/h3-6,12-16,18,21-22H,7H2,1-2H3,(H,17,20)/t12-,13+,14+,15-,16-/m1/s1. The Kier molecular flexibility index (Phi) is 5.89. The van der Waals surface area contributed by atoms with Crippen molar-refractivity contribution in [2.45, 2.75) is 44.5 Å². The third-order valence-corrected chi connectivity index (χ3v) is 3.76. The van der Waals surface area contributed by atoms with Gasteiger partial charge in [-0.1, -0.05) is 12.1 Å². The molecule has 8 heteroatoms. The first-order valence-electron chi connectivity index (χ1n) is 7.51. The minimum Gasteiger partial charge on any atom is -0.462 e. The SMILES string of the molecule is CC(=O)N[C@@H]1[C@H](Oc2ccccc2C(C)=O)O[C@H](CO)[C@H](O)[C@@H]1O. The molecule has 1 aliphatic rings. The number of hydrogen-bond acceptors (Lipinski definition) is 7. The molecule has 1 amide bonds. The van der Waals surface area contributed by atoms with Crippen LogP contribution in [0.15, 0.2) is 24.3 Å². The Bertz CT molecular complexity index is 606. The number of ketones is 1. The average Bonchev–Trinajstić information content (AvgIpc) is 2.54. The molecule has 1 aromatic rings. The maximum atomic E-state index is 11.7. The van der Waals surface area contributed by atoms with Crippen molar-refractivity contribution >= 4 is 11.7 Å². The molecular formula is C16H21NO7. The monoisotopic (exact) mass is 339 g/mol. The van der Waals surface area contributed by atoms with Gasteiger partial charge in [-0.25, -0.2) is 0 Å². The summed E-state index contributed by atoms with van der Waals surface area (Å²) in [6, 6.07) is 5.39. The highest BCUT2D eigenvalue weighted by atomic mass is 16.7. The number of carbonyl (C=O) groups is 2. The van der Waals surface area contributed by atoms with E-state index < -0.39 is 43.2 Å². The summed E-state index contributed by atoms with van der Waals surface area (Å²) in [5.41, 5.74) is 0.309. The third-order valence-electron chi connectivity index (χ3n) is 3.76. The van der Waals surface area contributed by atoms with Gasteiger partial charge in [-0.3, -0.25) is 9.59 Å². The van der Waals surface area contributed by atoms with E-state index in [0.717, 1.165) is 0 Å². The average molecular weight is 339 g/mol. The number of nitrogens with one attached hydrogen (secondary N) is 1. The highest BCUT2D eigenvalue weighted by Gasteiger charge is 2.46.